The summed E-state index contributed by atoms with van der Waals surface area (Å²) in [5, 5.41) is 11.4. The van der Waals surface area contributed by atoms with Gasteiger partial charge in [0.25, 0.3) is 5.91 Å². The van der Waals surface area contributed by atoms with Gasteiger partial charge in [-0.15, -0.1) is 10.2 Å². The Morgan fingerprint density at radius 3 is 2.71 bits per heavy atom. The second kappa shape index (κ2) is 4.58. The first-order valence-corrected chi connectivity index (χ1v) is 5.75. The summed E-state index contributed by atoms with van der Waals surface area (Å²) in [5.41, 5.74) is 1.02. The molecule has 0 atom stereocenters. The quantitative estimate of drug-likeness (QED) is 0.892. The van der Waals surface area contributed by atoms with Crippen molar-refractivity contribution in [3.63, 3.8) is 0 Å². The molecule has 88 valence electrons. The molecule has 0 saturated heterocycles. The Kier molecular flexibility index (Phi) is 3.14. The monoisotopic (exact) mass is 251 g/mol. The number of anilines is 1. The fraction of sp³-hybridized carbons (Fsp3) is 0.182. The Labute approximate surface area is 102 Å². The van der Waals surface area contributed by atoms with Crippen LogP contribution in [0, 0.1) is 19.7 Å². The highest BCUT2D eigenvalue weighted by Crippen LogP contribution is 2.16. The number of rotatable bonds is 2. The van der Waals surface area contributed by atoms with E-state index in [1.54, 1.807) is 13.8 Å². The van der Waals surface area contributed by atoms with E-state index >= 15 is 0 Å². The molecule has 0 unspecified atom stereocenters. The lowest BCUT2D eigenvalue weighted by Crippen LogP contribution is -2.13. The van der Waals surface area contributed by atoms with Crippen molar-refractivity contribution < 1.29 is 9.18 Å². The van der Waals surface area contributed by atoms with Gasteiger partial charge in [0.15, 0.2) is 0 Å². The van der Waals surface area contributed by atoms with E-state index in [1.807, 2.05) is 0 Å². The molecule has 2 rings (SSSR count). The summed E-state index contributed by atoms with van der Waals surface area (Å²) in [6, 6.07) is 4.03. The van der Waals surface area contributed by atoms with Crippen molar-refractivity contribution in [3.05, 3.63) is 40.2 Å². The molecule has 6 heteroatoms. The summed E-state index contributed by atoms with van der Waals surface area (Å²) in [7, 11) is 0. The molecule has 1 N–H and O–H groups in total. The lowest BCUT2D eigenvalue weighted by Gasteiger charge is -2.04. The Balaban J connectivity index is 2.20. The van der Waals surface area contributed by atoms with Gasteiger partial charge in [0.05, 0.1) is 0 Å². The molecule has 0 aliphatic carbocycles. The molecule has 1 aromatic heterocycles. The molecule has 17 heavy (non-hydrogen) atoms. The molecule has 0 fully saturated rings. The number of hydrogen-bond acceptors (Lipinski definition) is 4. The molecular weight excluding hydrogens is 241 g/mol. The maximum absolute atomic E-state index is 12.9. The molecule has 4 nitrogen and oxygen atoms in total. The van der Waals surface area contributed by atoms with Crippen molar-refractivity contribution in [2.45, 2.75) is 13.8 Å². The average molecular weight is 251 g/mol. The minimum Gasteiger partial charge on any atom is -0.296 e. The standard InChI is InChI=1S/C11H10FN3OS/c1-6-5-8(12)3-4-9(6)10(16)13-11-15-14-7(2)17-11/h3-5H,1-2H3,(H,13,15,16). The predicted molar refractivity (Wildman–Crippen MR) is 63.7 cm³/mol. The molecule has 0 aliphatic heterocycles. The molecule has 0 spiro atoms. The second-order valence-electron chi connectivity index (χ2n) is 3.54. The van der Waals surface area contributed by atoms with Crippen molar-refractivity contribution in [1.82, 2.24) is 10.2 Å². The number of aromatic nitrogens is 2. The number of hydrogen-bond donors (Lipinski definition) is 1. The van der Waals surface area contributed by atoms with E-state index < -0.39 is 0 Å². The highest BCUT2D eigenvalue weighted by atomic mass is 32.1. The minimum atomic E-state index is -0.356. The summed E-state index contributed by atoms with van der Waals surface area (Å²) in [6.07, 6.45) is 0. The zero-order chi connectivity index (χ0) is 12.4. The van der Waals surface area contributed by atoms with Crippen LogP contribution in [0.1, 0.15) is 20.9 Å². The first-order chi connectivity index (χ1) is 8.06. The Hall–Kier alpha value is -1.82. The lowest BCUT2D eigenvalue weighted by molar-refractivity contribution is 0.102. The second-order valence-corrected chi connectivity index (χ2v) is 4.72. The normalized spacial score (nSPS) is 10.3. The van der Waals surface area contributed by atoms with Gasteiger partial charge in [0.2, 0.25) is 5.13 Å². The fourth-order valence-corrected chi connectivity index (χ4v) is 1.98. The number of carbonyl (C=O) groups excluding carboxylic acids is 1. The highest BCUT2D eigenvalue weighted by Gasteiger charge is 2.11. The first-order valence-electron chi connectivity index (χ1n) is 4.94. The summed E-state index contributed by atoms with van der Waals surface area (Å²) in [4.78, 5) is 11.9. The van der Waals surface area contributed by atoms with Gasteiger partial charge >= 0.3 is 0 Å². The number of nitrogens with zero attached hydrogens (tertiary/aromatic N) is 2. The molecule has 0 aliphatic rings. The number of benzene rings is 1. The number of nitrogens with one attached hydrogen (secondary N) is 1. The van der Waals surface area contributed by atoms with Crippen LogP contribution >= 0.6 is 11.3 Å². The van der Waals surface area contributed by atoms with Crippen LogP contribution in [-0.4, -0.2) is 16.1 Å². The van der Waals surface area contributed by atoms with Gasteiger partial charge in [-0.2, -0.15) is 0 Å². The van der Waals surface area contributed by atoms with Gasteiger partial charge in [-0.05, 0) is 37.6 Å². The van der Waals surface area contributed by atoms with Crippen LogP contribution in [-0.2, 0) is 0 Å². The SMILES string of the molecule is Cc1nnc(NC(=O)c2ccc(F)cc2C)s1. The molecule has 1 aromatic carbocycles. The van der Waals surface area contributed by atoms with E-state index in [0.717, 1.165) is 5.01 Å². The molecule has 0 radical (unpaired) electrons. The molecule has 2 aromatic rings. The van der Waals surface area contributed by atoms with Crippen molar-refractivity contribution >= 4 is 22.4 Å². The first kappa shape index (κ1) is 11.7. The zero-order valence-electron chi connectivity index (χ0n) is 9.32. The van der Waals surface area contributed by atoms with E-state index in [4.69, 9.17) is 0 Å². The van der Waals surface area contributed by atoms with Crippen LogP contribution in [0.25, 0.3) is 0 Å². The predicted octanol–water partition coefficient (Wildman–Crippen LogP) is 2.55. The van der Waals surface area contributed by atoms with Crippen LogP contribution in [0.5, 0.6) is 0 Å². The minimum absolute atomic E-state index is 0.307. The van der Waals surface area contributed by atoms with Crippen molar-refractivity contribution in [3.8, 4) is 0 Å². The van der Waals surface area contributed by atoms with Gasteiger partial charge in [0.1, 0.15) is 10.8 Å². The van der Waals surface area contributed by atoms with Crippen LogP contribution < -0.4 is 5.32 Å². The molecule has 1 heterocycles. The molecular formula is C11H10FN3OS. The third kappa shape index (κ3) is 2.65. The van der Waals surface area contributed by atoms with E-state index in [9.17, 15) is 9.18 Å². The molecule has 0 bridgehead atoms. The van der Waals surface area contributed by atoms with E-state index in [1.165, 1.54) is 29.5 Å². The number of halogens is 1. The Morgan fingerprint density at radius 2 is 2.12 bits per heavy atom. The van der Waals surface area contributed by atoms with Gasteiger partial charge in [0, 0.05) is 5.56 Å². The number of carbonyl (C=O) groups is 1. The van der Waals surface area contributed by atoms with E-state index in [2.05, 4.69) is 15.5 Å². The van der Waals surface area contributed by atoms with Crippen LogP contribution in [0.4, 0.5) is 9.52 Å². The maximum atomic E-state index is 12.9. The largest absolute Gasteiger partial charge is 0.296 e. The van der Waals surface area contributed by atoms with Crippen molar-refractivity contribution in [2.24, 2.45) is 0 Å². The third-order valence-corrected chi connectivity index (χ3v) is 2.93. The van der Waals surface area contributed by atoms with E-state index in [-0.39, 0.29) is 11.7 Å². The van der Waals surface area contributed by atoms with Crippen molar-refractivity contribution in [1.29, 1.82) is 0 Å². The lowest BCUT2D eigenvalue weighted by atomic mass is 10.1. The Morgan fingerprint density at radius 1 is 1.35 bits per heavy atom. The fourth-order valence-electron chi connectivity index (χ4n) is 1.39. The average Bonchev–Trinajstić information content (AvgIpc) is 2.63. The van der Waals surface area contributed by atoms with Gasteiger partial charge in [-0.1, -0.05) is 11.3 Å². The van der Waals surface area contributed by atoms with Gasteiger partial charge in [-0.3, -0.25) is 10.1 Å². The number of amides is 1. The summed E-state index contributed by atoms with van der Waals surface area (Å²) in [6.45, 7) is 3.49. The van der Waals surface area contributed by atoms with Crippen LogP contribution in [0.2, 0.25) is 0 Å². The summed E-state index contributed by atoms with van der Waals surface area (Å²) < 4.78 is 12.9. The third-order valence-electron chi connectivity index (χ3n) is 2.18. The van der Waals surface area contributed by atoms with Crippen LogP contribution in [0.3, 0.4) is 0 Å². The van der Waals surface area contributed by atoms with Gasteiger partial charge < -0.3 is 0 Å². The zero-order valence-corrected chi connectivity index (χ0v) is 10.1. The molecule has 0 saturated carbocycles. The summed E-state index contributed by atoms with van der Waals surface area (Å²) >= 11 is 1.29. The van der Waals surface area contributed by atoms with E-state index in [0.29, 0.717) is 16.3 Å². The maximum Gasteiger partial charge on any atom is 0.257 e. The smallest absolute Gasteiger partial charge is 0.257 e. The van der Waals surface area contributed by atoms with Crippen molar-refractivity contribution in [2.75, 3.05) is 5.32 Å². The molecule has 1 amide bonds. The highest BCUT2D eigenvalue weighted by molar-refractivity contribution is 7.15. The summed E-state index contributed by atoms with van der Waals surface area (Å²) in [5.74, 6) is -0.663. The van der Waals surface area contributed by atoms with Crippen LogP contribution in [0.15, 0.2) is 18.2 Å². The topological polar surface area (TPSA) is 54.9 Å². The van der Waals surface area contributed by atoms with Gasteiger partial charge in [-0.25, -0.2) is 4.39 Å². The Bertz CT molecular complexity index is 568. The number of aryl methyl sites for hydroxylation is 2.